The summed E-state index contributed by atoms with van der Waals surface area (Å²) in [7, 11) is 0. The first kappa shape index (κ1) is 14.1. The fraction of sp³-hybridized carbons (Fsp3) is 0.571. The van der Waals surface area contributed by atoms with Crippen molar-refractivity contribution in [3.63, 3.8) is 0 Å². The lowest BCUT2D eigenvalue weighted by Gasteiger charge is -2.22. The molecule has 4 nitrogen and oxygen atoms in total. The first-order valence-corrected chi connectivity index (χ1v) is 7.56. The molecule has 1 aromatic heterocycles. The Kier molecular flexibility index (Phi) is 4.58. The molecular weight excluding hydrogens is 260 g/mol. The molecule has 1 saturated heterocycles. The van der Waals surface area contributed by atoms with Crippen LogP contribution in [0, 0.1) is 0 Å². The molecule has 0 aliphatic carbocycles. The number of nitrogens with one attached hydrogen (secondary N) is 1. The summed E-state index contributed by atoms with van der Waals surface area (Å²) in [5, 5.41) is 2.94. The van der Waals surface area contributed by atoms with Gasteiger partial charge in [0.15, 0.2) is 0 Å². The molecule has 0 bridgehead atoms. The molecule has 0 aromatic carbocycles. The second kappa shape index (κ2) is 6.19. The second-order valence-electron chi connectivity index (χ2n) is 4.81. The van der Waals surface area contributed by atoms with Crippen LogP contribution in [0.15, 0.2) is 12.1 Å². The standard InChI is InChI=1S/C14H20N2O2S/c1-3-11-6-7-12(19-11)9-15-14(18)13-5-4-8-16(13)10(2)17/h6-7,13H,3-5,8-9H2,1-2H3,(H,15,18)/t13-/m0/s1. The minimum Gasteiger partial charge on any atom is -0.349 e. The highest BCUT2D eigenvalue weighted by Gasteiger charge is 2.31. The lowest BCUT2D eigenvalue weighted by atomic mass is 10.2. The summed E-state index contributed by atoms with van der Waals surface area (Å²) < 4.78 is 0. The van der Waals surface area contributed by atoms with Gasteiger partial charge in [-0.1, -0.05) is 6.92 Å². The van der Waals surface area contributed by atoms with E-state index in [-0.39, 0.29) is 17.9 Å². The van der Waals surface area contributed by atoms with Crippen molar-refractivity contribution in [1.82, 2.24) is 10.2 Å². The average Bonchev–Trinajstić information content (AvgIpc) is 3.04. The largest absolute Gasteiger partial charge is 0.349 e. The molecule has 1 aromatic rings. The Hall–Kier alpha value is -1.36. The molecule has 19 heavy (non-hydrogen) atoms. The van der Waals surface area contributed by atoms with E-state index in [2.05, 4.69) is 24.4 Å². The molecule has 0 radical (unpaired) electrons. The number of carbonyl (C=O) groups is 2. The van der Waals surface area contributed by atoms with Crippen LogP contribution in [-0.2, 0) is 22.6 Å². The van der Waals surface area contributed by atoms with E-state index in [1.54, 1.807) is 16.2 Å². The fourth-order valence-corrected chi connectivity index (χ4v) is 3.31. The number of likely N-dealkylation sites (tertiary alicyclic amines) is 1. The van der Waals surface area contributed by atoms with Crippen LogP contribution in [0.5, 0.6) is 0 Å². The van der Waals surface area contributed by atoms with Gasteiger partial charge >= 0.3 is 0 Å². The van der Waals surface area contributed by atoms with Gasteiger partial charge in [-0.25, -0.2) is 0 Å². The zero-order chi connectivity index (χ0) is 13.8. The predicted octanol–water partition coefficient (Wildman–Crippen LogP) is 1.94. The lowest BCUT2D eigenvalue weighted by Crippen LogP contribution is -2.44. The highest BCUT2D eigenvalue weighted by atomic mass is 32.1. The van der Waals surface area contributed by atoms with Gasteiger partial charge < -0.3 is 10.2 Å². The Labute approximate surface area is 117 Å². The summed E-state index contributed by atoms with van der Waals surface area (Å²) in [6.07, 6.45) is 2.71. The van der Waals surface area contributed by atoms with Gasteiger partial charge in [-0.15, -0.1) is 11.3 Å². The van der Waals surface area contributed by atoms with Gasteiger partial charge in [0.1, 0.15) is 6.04 Å². The van der Waals surface area contributed by atoms with Gasteiger partial charge in [-0.2, -0.15) is 0 Å². The van der Waals surface area contributed by atoms with Gasteiger partial charge in [-0.05, 0) is 31.4 Å². The number of amides is 2. The van der Waals surface area contributed by atoms with Crippen LogP contribution in [0.2, 0.25) is 0 Å². The third-order valence-electron chi connectivity index (χ3n) is 3.46. The van der Waals surface area contributed by atoms with E-state index < -0.39 is 0 Å². The van der Waals surface area contributed by atoms with Gasteiger partial charge in [0.25, 0.3) is 0 Å². The van der Waals surface area contributed by atoms with E-state index in [9.17, 15) is 9.59 Å². The highest BCUT2D eigenvalue weighted by Crippen LogP contribution is 2.19. The maximum atomic E-state index is 12.1. The molecule has 104 valence electrons. The van der Waals surface area contributed by atoms with Crippen LogP contribution in [0.25, 0.3) is 0 Å². The Bertz CT molecular complexity index is 470. The van der Waals surface area contributed by atoms with Crippen molar-refractivity contribution >= 4 is 23.2 Å². The zero-order valence-corrected chi connectivity index (χ0v) is 12.3. The molecule has 1 N–H and O–H groups in total. The van der Waals surface area contributed by atoms with Crippen LogP contribution in [0.3, 0.4) is 0 Å². The predicted molar refractivity (Wildman–Crippen MR) is 76.0 cm³/mol. The number of hydrogen-bond acceptors (Lipinski definition) is 3. The Balaban J connectivity index is 1.88. The van der Waals surface area contributed by atoms with Gasteiger partial charge in [-0.3, -0.25) is 9.59 Å². The first-order valence-electron chi connectivity index (χ1n) is 6.74. The summed E-state index contributed by atoms with van der Waals surface area (Å²) in [6.45, 7) is 4.91. The molecule has 0 spiro atoms. The van der Waals surface area contributed by atoms with E-state index in [0.717, 1.165) is 24.1 Å². The SMILES string of the molecule is CCc1ccc(CNC(=O)[C@@H]2CCCN2C(C)=O)s1. The van der Waals surface area contributed by atoms with Gasteiger partial charge in [0.2, 0.25) is 11.8 Å². The third kappa shape index (κ3) is 3.35. The van der Waals surface area contributed by atoms with Crippen LogP contribution < -0.4 is 5.32 Å². The molecule has 0 saturated carbocycles. The summed E-state index contributed by atoms with van der Waals surface area (Å²) in [6, 6.07) is 3.88. The smallest absolute Gasteiger partial charge is 0.243 e. The molecule has 1 aliphatic rings. The van der Waals surface area contributed by atoms with Crippen molar-refractivity contribution in [3.05, 3.63) is 21.9 Å². The Morgan fingerprint density at radius 2 is 2.16 bits per heavy atom. The quantitative estimate of drug-likeness (QED) is 0.916. The van der Waals surface area contributed by atoms with Crippen LogP contribution in [0.4, 0.5) is 0 Å². The number of aryl methyl sites for hydroxylation is 1. The minimum absolute atomic E-state index is 0.0120. The average molecular weight is 280 g/mol. The molecule has 1 fully saturated rings. The third-order valence-corrected chi connectivity index (χ3v) is 4.69. The van der Waals surface area contributed by atoms with E-state index in [0.29, 0.717) is 13.1 Å². The molecule has 1 atom stereocenters. The van der Waals surface area contributed by atoms with Crippen molar-refractivity contribution in [2.75, 3.05) is 6.54 Å². The number of carbonyl (C=O) groups excluding carboxylic acids is 2. The Morgan fingerprint density at radius 3 is 2.79 bits per heavy atom. The van der Waals surface area contributed by atoms with E-state index in [4.69, 9.17) is 0 Å². The highest BCUT2D eigenvalue weighted by molar-refractivity contribution is 7.11. The minimum atomic E-state index is -0.275. The topological polar surface area (TPSA) is 49.4 Å². The Morgan fingerprint density at radius 1 is 1.42 bits per heavy atom. The molecule has 2 heterocycles. The lowest BCUT2D eigenvalue weighted by molar-refractivity contribution is -0.136. The fourth-order valence-electron chi connectivity index (χ4n) is 2.42. The first-order chi connectivity index (χ1) is 9.11. The van der Waals surface area contributed by atoms with Crippen LogP contribution >= 0.6 is 11.3 Å². The number of hydrogen-bond donors (Lipinski definition) is 1. The van der Waals surface area contributed by atoms with Crippen molar-refractivity contribution in [2.24, 2.45) is 0 Å². The molecule has 0 unspecified atom stereocenters. The second-order valence-corrected chi connectivity index (χ2v) is 6.06. The number of nitrogens with zero attached hydrogens (tertiary/aromatic N) is 1. The van der Waals surface area contributed by atoms with Crippen molar-refractivity contribution in [3.8, 4) is 0 Å². The molecule has 2 amide bonds. The van der Waals surface area contributed by atoms with Crippen molar-refractivity contribution in [1.29, 1.82) is 0 Å². The molecule has 5 heteroatoms. The normalized spacial score (nSPS) is 18.6. The van der Waals surface area contributed by atoms with E-state index >= 15 is 0 Å². The summed E-state index contributed by atoms with van der Waals surface area (Å²) in [4.78, 5) is 27.7. The summed E-state index contributed by atoms with van der Waals surface area (Å²) in [5.74, 6) is -0.0406. The van der Waals surface area contributed by atoms with Crippen molar-refractivity contribution in [2.45, 2.75) is 45.7 Å². The number of thiophene rings is 1. The van der Waals surface area contributed by atoms with E-state index in [1.165, 1.54) is 11.8 Å². The van der Waals surface area contributed by atoms with Crippen LogP contribution in [-0.4, -0.2) is 29.3 Å². The molecule has 1 aliphatic heterocycles. The molecule has 2 rings (SSSR count). The van der Waals surface area contributed by atoms with Crippen molar-refractivity contribution < 1.29 is 9.59 Å². The molecular formula is C14H20N2O2S. The number of rotatable bonds is 4. The maximum absolute atomic E-state index is 12.1. The monoisotopic (exact) mass is 280 g/mol. The van der Waals surface area contributed by atoms with E-state index in [1.807, 2.05) is 0 Å². The van der Waals surface area contributed by atoms with Gasteiger partial charge in [0.05, 0.1) is 6.54 Å². The van der Waals surface area contributed by atoms with Gasteiger partial charge in [0, 0.05) is 23.2 Å². The maximum Gasteiger partial charge on any atom is 0.243 e. The summed E-state index contributed by atoms with van der Waals surface area (Å²) >= 11 is 1.73. The van der Waals surface area contributed by atoms with Crippen LogP contribution in [0.1, 0.15) is 36.4 Å². The summed E-state index contributed by atoms with van der Waals surface area (Å²) in [5.41, 5.74) is 0. The zero-order valence-electron chi connectivity index (χ0n) is 11.4.